The second-order valence-electron chi connectivity index (χ2n) is 6.72. The van der Waals surface area contributed by atoms with Gasteiger partial charge in [0.05, 0.1) is 19.8 Å². The number of carbonyl (C=O) groups is 2. The van der Waals surface area contributed by atoms with Crippen LogP contribution in [-0.2, 0) is 14.3 Å². The molecule has 0 heterocycles. The van der Waals surface area contributed by atoms with E-state index in [1.54, 1.807) is 24.3 Å². The Morgan fingerprint density at radius 3 is 2.59 bits per heavy atom. The molecule has 200 valence electrons. The van der Waals surface area contributed by atoms with Crippen molar-refractivity contribution in [3.8, 4) is 17.6 Å². The summed E-state index contributed by atoms with van der Waals surface area (Å²) >= 11 is 1.50. The number of thioether (sulfide) groups is 1. The Hall–Kier alpha value is -2.29. The molecule has 0 aromatic heterocycles. The van der Waals surface area contributed by atoms with Gasteiger partial charge in [-0.1, -0.05) is 45.6 Å². The molecule has 1 aromatic rings. The van der Waals surface area contributed by atoms with Gasteiger partial charge in [0.1, 0.15) is 24.4 Å². The van der Waals surface area contributed by atoms with Crippen LogP contribution in [0.3, 0.4) is 0 Å². The van der Waals surface area contributed by atoms with E-state index < -0.39 is 0 Å². The van der Waals surface area contributed by atoms with E-state index in [0.29, 0.717) is 50.8 Å². The highest BCUT2D eigenvalue weighted by Gasteiger charge is 2.11. The Morgan fingerprint density at radius 2 is 1.94 bits per heavy atom. The minimum atomic E-state index is -0.210. The average Bonchev–Trinajstić information content (AvgIpc) is 2.83. The van der Waals surface area contributed by atoms with Crippen molar-refractivity contribution in [2.24, 2.45) is 11.7 Å². The van der Waals surface area contributed by atoms with Crippen molar-refractivity contribution in [2.75, 3.05) is 52.3 Å². The van der Waals surface area contributed by atoms with Gasteiger partial charge in [0.25, 0.3) is 5.91 Å². The first-order valence-corrected chi connectivity index (χ1v) is 12.4. The summed E-state index contributed by atoms with van der Waals surface area (Å²) in [4.78, 5) is 23.6. The summed E-state index contributed by atoms with van der Waals surface area (Å²) in [5.41, 5.74) is 5.70. The van der Waals surface area contributed by atoms with Gasteiger partial charge in [-0.2, -0.15) is 0 Å². The molecule has 0 bridgehead atoms. The van der Waals surface area contributed by atoms with Crippen molar-refractivity contribution in [3.63, 3.8) is 0 Å². The minimum absolute atomic E-state index is 0. The number of hydrogen-bond acceptors (Lipinski definition) is 8. The smallest absolute Gasteiger partial charge is 0.251 e. The fourth-order valence-corrected chi connectivity index (χ4v) is 2.65. The highest BCUT2D eigenvalue weighted by molar-refractivity contribution is 7.99. The zero-order chi connectivity index (χ0) is 24.9. The second-order valence-corrected chi connectivity index (χ2v) is 7.72. The minimum Gasteiger partial charge on any atom is -0.490 e. The van der Waals surface area contributed by atoms with E-state index in [1.807, 2.05) is 34.0 Å². The maximum Gasteiger partial charge on any atom is 0.251 e. The van der Waals surface area contributed by atoms with E-state index in [4.69, 9.17) is 19.9 Å². The lowest BCUT2D eigenvalue weighted by molar-refractivity contribution is -0.126. The van der Waals surface area contributed by atoms with E-state index in [2.05, 4.69) is 22.5 Å². The van der Waals surface area contributed by atoms with Crippen LogP contribution in [0.2, 0.25) is 0 Å². The van der Waals surface area contributed by atoms with Crippen LogP contribution in [0.5, 0.6) is 5.75 Å². The molecule has 7 N–H and O–H groups in total. The first-order chi connectivity index (χ1) is 16.0. The number of amides is 2. The van der Waals surface area contributed by atoms with E-state index in [9.17, 15) is 9.59 Å². The van der Waals surface area contributed by atoms with Crippen LogP contribution in [-0.4, -0.2) is 69.6 Å². The summed E-state index contributed by atoms with van der Waals surface area (Å²) in [5, 5.41) is 5.39. The van der Waals surface area contributed by atoms with Crippen LogP contribution in [0.15, 0.2) is 24.3 Å². The van der Waals surface area contributed by atoms with Crippen molar-refractivity contribution in [1.82, 2.24) is 16.8 Å². The molecule has 0 saturated heterocycles. The van der Waals surface area contributed by atoms with Crippen LogP contribution < -0.4 is 27.3 Å². The standard InChI is InChI=1S/C22H33N3O5S.C2H6.H3N.3H2/c1-17(2)6-5-10-24-20(26)15-28-12-13-29-21(31-3)16-30-19-8-4-7-18(14-19)22(27)25-11-9-23;1-2;;;;/h4,7-8,14,17,21H,9-13,15-16,23H2,1-3H3,(H,24,26)(H,25,27);1-2H3;1H3;3*1H. The molecule has 1 aromatic carbocycles. The summed E-state index contributed by atoms with van der Waals surface area (Å²) in [7, 11) is 0. The number of nitrogens with one attached hydrogen (secondary N) is 2. The molecule has 34 heavy (non-hydrogen) atoms. The first-order valence-electron chi connectivity index (χ1n) is 11.1. The van der Waals surface area contributed by atoms with Gasteiger partial charge in [0, 0.05) is 28.9 Å². The molecule has 0 aliphatic heterocycles. The Labute approximate surface area is 213 Å². The molecule has 2 amide bonds. The number of ether oxygens (including phenoxy) is 3. The molecule has 0 aliphatic rings. The van der Waals surface area contributed by atoms with Gasteiger partial charge in [-0.3, -0.25) is 9.59 Å². The third kappa shape index (κ3) is 17.2. The van der Waals surface area contributed by atoms with Crippen LogP contribution in [0.25, 0.3) is 0 Å². The fraction of sp³-hybridized carbons (Fsp3) is 0.583. The van der Waals surface area contributed by atoms with E-state index in [-0.39, 0.29) is 40.2 Å². The predicted molar refractivity (Wildman–Crippen MR) is 146 cm³/mol. The Kier molecular flexibility index (Phi) is 22.4. The predicted octanol–water partition coefficient (Wildman–Crippen LogP) is 3.18. The first kappa shape index (κ1) is 33.9. The molecule has 0 radical (unpaired) electrons. The second kappa shape index (κ2) is 22.5. The third-order valence-electron chi connectivity index (χ3n) is 3.70. The van der Waals surface area contributed by atoms with Crippen LogP contribution in [0.1, 0.15) is 42.3 Å². The van der Waals surface area contributed by atoms with Gasteiger partial charge < -0.3 is 36.7 Å². The molecule has 1 unspecified atom stereocenters. The van der Waals surface area contributed by atoms with Crippen molar-refractivity contribution in [2.45, 2.75) is 33.1 Å². The topological polar surface area (TPSA) is 147 Å². The Bertz CT molecular complexity index is 753. The lowest BCUT2D eigenvalue weighted by Crippen LogP contribution is -2.29. The number of rotatable bonds is 14. The van der Waals surface area contributed by atoms with Crippen molar-refractivity contribution in [1.29, 1.82) is 0 Å². The van der Waals surface area contributed by atoms with Gasteiger partial charge in [0.2, 0.25) is 5.91 Å². The van der Waals surface area contributed by atoms with Crippen molar-refractivity contribution >= 4 is 23.6 Å². The van der Waals surface area contributed by atoms with Crippen molar-refractivity contribution in [3.05, 3.63) is 29.8 Å². The Morgan fingerprint density at radius 1 is 1.21 bits per heavy atom. The summed E-state index contributed by atoms with van der Waals surface area (Å²) in [6.07, 6.45) is 1.91. The summed E-state index contributed by atoms with van der Waals surface area (Å²) in [6.45, 7) is 10.00. The quantitative estimate of drug-likeness (QED) is 0.172. The van der Waals surface area contributed by atoms with Crippen LogP contribution in [0, 0.1) is 17.8 Å². The molecule has 10 heteroatoms. The monoisotopic (exact) mass is 504 g/mol. The van der Waals surface area contributed by atoms with Gasteiger partial charge in [-0.25, -0.2) is 0 Å². The number of nitrogens with two attached hydrogens (primary N) is 1. The van der Waals surface area contributed by atoms with Crippen LogP contribution >= 0.6 is 11.8 Å². The molecule has 9 nitrogen and oxygen atoms in total. The highest BCUT2D eigenvalue weighted by atomic mass is 32.2. The highest BCUT2D eigenvalue weighted by Crippen LogP contribution is 2.16. The van der Waals surface area contributed by atoms with Crippen molar-refractivity contribution < 1.29 is 28.1 Å². The number of hydrogen-bond donors (Lipinski definition) is 4. The van der Waals surface area contributed by atoms with E-state index in [1.165, 1.54) is 11.8 Å². The molecule has 0 fully saturated rings. The number of benzene rings is 1. The molecule has 1 rings (SSSR count). The maximum absolute atomic E-state index is 12.0. The SMILES string of the molecule is CC.CSC(COc1cccc(C(=O)NCCN)c1)OCCOCC(=O)NCC#CC(C)C.N.[HH].[HH].[HH]. The largest absolute Gasteiger partial charge is 0.490 e. The molecule has 1 atom stereocenters. The third-order valence-corrected chi connectivity index (χ3v) is 4.50. The average molecular weight is 505 g/mol. The lowest BCUT2D eigenvalue weighted by Gasteiger charge is -2.17. The summed E-state index contributed by atoms with van der Waals surface area (Å²) in [6, 6.07) is 6.93. The molecule has 0 spiro atoms. The molecular formula is C24H48N4O5S. The molecule has 0 saturated carbocycles. The fourth-order valence-electron chi connectivity index (χ4n) is 2.22. The zero-order valence-electron chi connectivity index (χ0n) is 21.1. The lowest BCUT2D eigenvalue weighted by atomic mass is 10.2. The zero-order valence-corrected chi connectivity index (χ0v) is 22.0. The Balaban J connectivity index is -0.000000554. The van der Waals surface area contributed by atoms with Crippen LogP contribution in [0.4, 0.5) is 0 Å². The van der Waals surface area contributed by atoms with Gasteiger partial charge in [-0.15, -0.1) is 11.8 Å². The normalized spacial score (nSPS) is 10.6. The van der Waals surface area contributed by atoms with Gasteiger partial charge in [-0.05, 0) is 24.5 Å². The van der Waals surface area contributed by atoms with E-state index in [0.717, 1.165) is 0 Å². The summed E-state index contributed by atoms with van der Waals surface area (Å²) < 4.78 is 16.8. The molecule has 0 aliphatic carbocycles. The van der Waals surface area contributed by atoms with E-state index >= 15 is 0 Å². The molecular weight excluding hydrogens is 456 g/mol. The summed E-state index contributed by atoms with van der Waals surface area (Å²) in [5.74, 6) is 6.31. The maximum atomic E-state index is 12.0. The van der Waals surface area contributed by atoms with Gasteiger partial charge >= 0.3 is 0 Å². The van der Waals surface area contributed by atoms with Gasteiger partial charge in [0.15, 0.2) is 0 Å². The number of carbonyl (C=O) groups excluding carboxylic acids is 2.